The fourth-order valence-corrected chi connectivity index (χ4v) is 1.10. The summed E-state index contributed by atoms with van der Waals surface area (Å²) in [6, 6.07) is 0. The molecule has 0 spiro atoms. The van der Waals surface area contributed by atoms with E-state index in [0.29, 0.717) is 0 Å². The highest BCUT2D eigenvalue weighted by Crippen LogP contribution is 2.11. The quantitative estimate of drug-likeness (QED) is 0.662. The van der Waals surface area contributed by atoms with Gasteiger partial charge in [-0.05, 0) is 5.92 Å². The maximum absolute atomic E-state index is 10.6. The van der Waals surface area contributed by atoms with Crippen LogP contribution in [-0.4, -0.2) is 32.1 Å². The van der Waals surface area contributed by atoms with Gasteiger partial charge in [0.05, 0.1) is 18.3 Å². The Morgan fingerprint density at radius 1 is 1.67 bits per heavy atom. The van der Waals surface area contributed by atoms with Crippen molar-refractivity contribution in [2.75, 3.05) is 5.73 Å². The van der Waals surface area contributed by atoms with Crippen LogP contribution in [0.2, 0.25) is 0 Å². The average molecular weight is 213 g/mol. The van der Waals surface area contributed by atoms with Gasteiger partial charge in [-0.1, -0.05) is 13.8 Å². The number of aliphatic hydroxyl groups excluding tert-OH is 1. The van der Waals surface area contributed by atoms with Gasteiger partial charge in [0.15, 0.2) is 5.69 Å². The number of hydrogen-bond donors (Lipinski definition) is 3. The first kappa shape index (κ1) is 11.5. The summed E-state index contributed by atoms with van der Waals surface area (Å²) in [5.74, 6) is -1.08. The molecule has 1 aromatic rings. The lowest BCUT2D eigenvalue weighted by Gasteiger charge is -2.13. The lowest BCUT2D eigenvalue weighted by Crippen LogP contribution is -2.22. The molecule has 6 heteroatoms. The third-order valence-corrected chi connectivity index (χ3v) is 2.14. The second-order valence-corrected chi connectivity index (χ2v) is 3.77. The van der Waals surface area contributed by atoms with Crippen LogP contribution in [0.3, 0.4) is 0 Å². The van der Waals surface area contributed by atoms with Crippen molar-refractivity contribution in [2.24, 2.45) is 5.92 Å². The molecule has 0 aromatic carbocycles. The molecule has 1 heterocycles. The van der Waals surface area contributed by atoms with Crippen LogP contribution in [0, 0.1) is 5.92 Å². The Hall–Kier alpha value is -1.56. The van der Waals surface area contributed by atoms with Crippen LogP contribution >= 0.6 is 0 Å². The maximum atomic E-state index is 10.6. The molecule has 1 aromatic heterocycles. The van der Waals surface area contributed by atoms with E-state index in [1.807, 2.05) is 13.8 Å². The third-order valence-electron chi connectivity index (χ3n) is 2.14. The fourth-order valence-electron chi connectivity index (χ4n) is 1.10. The van der Waals surface area contributed by atoms with Crippen LogP contribution < -0.4 is 5.73 Å². The SMILES string of the molecule is CC(C)C(O)Cn1cc(N)c(C(=O)O)n1. The number of nitrogen functional groups attached to an aromatic ring is 1. The van der Waals surface area contributed by atoms with E-state index in [1.54, 1.807) is 0 Å². The summed E-state index contributed by atoms with van der Waals surface area (Å²) in [6.45, 7) is 3.99. The maximum Gasteiger partial charge on any atom is 0.358 e. The molecule has 0 aliphatic heterocycles. The van der Waals surface area contributed by atoms with E-state index in [9.17, 15) is 9.90 Å². The average Bonchev–Trinajstić information content (AvgIpc) is 2.46. The van der Waals surface area contributed by atoms with Gasteiger partial charge in [-0.2, -0.15) is 5.10 Å². The van der Waals surface area contributed by atoms with Crippen LogP contribution in [0.25, 0.3) is 0 Å². The van der Waals surface area contributed by atoms with Crippen molar-refractivity contribution in [3.8, 4) is 0 Å². The molecule has 0 fully saturated rings. The van der Waals surface area contributed by atoms with Gasteiger partial charge in [-0.25, -0.2) is 4.79 Å². The van der Waals surface area contributed by atoms with Gasteiger partial charge < -0.3 is 15.9 Å². The minimum Gasteiger partial charge on any atom is -0.476 e. The Bertz CT molecular complexity index is 359. The number of aromatic carboxylic acids is 1. The van der Waals surface area contributed by atoms with Crippen molar-refractivity contribution in [3.63, 3.8) is 0 Å². The summed E-state index contributed by atoms with van der Waals surface area (Å²) in [6.07, 6.45) is 0.848. The molecular formula is C9H15N3O3. The number of hydrogen-bond acceptors (Lipinski definition) is 4. The number of nitrogens with zero attached hydrogens (tertiary/aromatic N) is 2. The molecule has 0 aliphatic rings. The lowest BCUT2D eigenvalue weighted by atomic mass is 10.1. The Morgan fingerprint density at radius 2 is 2.27 bits per heavy atom. The van der Waals surface area contributed by atoms with Crippen molar-refractivity contribution in [1.29, 1.82) is 0 Å². The monoisotopic (exact) mass is 213 g/mol. The van der Waals surface area contributed by atoms with Gasteiger partial charge in [0.1, 0.15) is 0 Å². The summed E-state index contributed by atoms with van der Waals surface area (Å²) in [4.78, 5) is 10.6. The molecule has 1 unspecified atom stereocenters. The van der Waals surface area contributed by atoms with E-state index in [1.165, 1.54) is 10.9 Å². The number of aromatic nitrogens is 2. The molecule has 6 nitrogen and oxygen atoms in total. The zero-order chi connectivity index (χ0) is 11.6. The van der Waals surface area contributed by atoms with Crippen LogP contribution in [-0.2, 0) is 6.54 Å². The second kappa shape index (κ2) is 4.31. The number of carboxylic acid groups (broad SMARTS) is 1. The molecule has 15 heavy (non-hydrogen) atoms. The van der Waals surface area contributed by atoms with E-state index in [-0.39, 0.29) is 23.8 Å². The first-order valence-electron chi connectivity index (χ1n) is 4.66. The highest BCUT2D eigenvalue weighted by molar-refractivity contribution is 5.91. The third kappa shape index (κ3) is 2.69. The van der Waals surface area contributed by atoms with Gasteiger partial charge in [0.25, 0.3) is 0 Å². The second-order valence-electron chi connectivity index (χ2n) is 3.77. The van der Waals surface area contributed by atoms with E-state index in [4.69, 9.17) is 10.8 Å². The first-order chi connectivity index (χ1) is 6.91. The van der Waals surface area contributed by atoms with Crippen LogP contribution in [0.15, 0.2) is 6.20 Å². The van der Waals surface area contributed by atoms with E-state index < -0.39 is 12.1 Å². The van der Waals surface area contributed by atoms with E-state index >= 15 is 0 Å². The van der Waals surface area contributed by atoms with Crippen LogP contribution in [0.5, 0.6) is 0 Å². The summed E-state index contributed by atoms with van der Waals surface area (Å²) >= 11 is 0. The zero-order valence-electron chi connectivity index (χ0n) is 8.71. The Labute approximate surface area is 87.3 Å². The molecule has 4 N–H and O–H groups in total. The number of aliphatic hydroxyl groups is 1. The topological polar surface area (TPSA) is 101 Å². The molecule has 1 atom stereocenters. The number of carboxylic acids is 1. The van der Waals surface area contributed by atoms with Crippen LogP contribution in [0.1, 0.15) is 24.3 Å². The molecule has 0 radical (unpaired) electrons. The lowest BCUT2D eigenvalue weighted by molar-refractivity contribution is 0.0687. The van der Waals surface area contributed by atoms with Crippen molar-refractivity contribution in [3.05, 3.63) is 11.9 Å². The number of rotatable bonds is 4. The largest absolute Gasteiger partial charge is 0.476 e. The molecule has 0 saturated heterocycles. The Kier molecular flexibility index (Phi) is 3.31. The molecule has 0 bridgehead atoms. The zero-order valence-corrected chi connectivity index (χ0v) is 8.71. The molecule has 0 amide bonds. The number of nitrogens with two attached hydrogens (primary N) is 1. The summed E-state index contributed by atoms with van der Waals surface area (Å²) in [5.41, 5.74) is 5.38. The summed E-state index contributed by atoms with van der Waals surface area (Å²) < 4.78 is 1.35. The van der Waals surface area contributed by atoms with Gasteiger partial charge in [0.2, 0.25) is 0 Å². The number of anilines is 1. The molecule has 0 saturated carbocycles. The van der Waals surface area contributed by atoms with Crippen LogP contribution in [0.4, 0.5) is 5.69 Å². The van der Waals surface area contributed by atoms with Gasteiger partial charge in [-0.15, -0.1) is 0 Å². The highest BCUT2D eigenvalue weighted by Gasteiger charge is 2.16. The van der Waals surface area contributed by atoms with Gasteiger partial charge in [0, 0.05) is 6.20 Å². The fraction of sp³-hybridized carbons (Fsp3) is 0.556. The predicted molar refractivity (Wildman–Crippen MR) is 54.4 cm³/mol. The Balaban J connectivity index is 2.80. The first-order valence-corrected chi connectivity index (χ1v) is 4.66. The highest BCUT2D eigenvalue weighted by atomic mass is 16.4. The van der Waals surface area contributed by atoms with Gasteiger partial charge >= 0.3 is 5.97 Å². The predicted octanol–water partition coefficient (Wildman–Crippen LogP) is 0.180. The minimum atomic E-state index is -1.16. The van der Waals surface area contributed by atoms with E-state index in [2.05, 4.69) is 5.10 Å². The van der Waals surface area contributed by atoms with E-state index in [0.717, 1.165) is 0 Å². The van der Waals surface area contributed by atoms with Crippen molar-refractivity contribution >= 4 is 11.7 Å². The molecule has 1 rings (SSSR count). The molecule has 0 aliphatic carbocycles. The normalized spacial score (nSPS) is 13.1. The smallest absolute Gasteiger partial charge is 0.358 e. The van der Waals surface area contributed by atoms with Gasteiger partial charge in [-0.3, -0.25) is 4.68 Å². The minimum absolute atomic E-state index is 0.0868. The van der Waals surface area contributed by atoms with Crippen molar-refractivity contribution < 1.29 is 15.0 Å². The Morgan fingerprint density at radius 3 is 2.67 bits per heavy atom. The summed E-state index contributed by atoms with van der Waals surface area (Å²) in [7, 11) is 0. The molecule has 84 valence electrons. The summed E-state index contributed by atoms with van der Waals surface area (Å²) in [5, 5.41) is 22.0. The van der Waals surface area contributed by atoms with Crippen molar-refractivity contribution in [1.82, 2.24) is 9.78 Å². The van der Waals surface area contributed by atoms with Crippen molar-refractivity contribution in [2.45, 2.75) is 26.5 Å². The number of carbonyl (C=O) groups is 1. The standard InChI is InChI=1S/C9H15N3O3/c1-5(2)7(13)4-12-3-6(10)8(11-12)9(14)15/h3,5,7,13H,4,10H2,1-2H3,(H,14,15). The molecular weight excluding hydrogens is 198 g/mol.